The Morgan fingerprint density at radius 2 is 2.05 bits per heavy atom. The molecule has 1 heterocycles. The summed E-state index contributed by atoms with van der Waals surface area (Å²) in [7, 11) is 6.55. The smallest absolute Gasteiger partial charge is 0.132 e. The van der Waals surface area contributed by atoms with Gasteiger partial charge in [-0.3, -0.25) is 0 Å². The second-order valence-electron chi connectivity index (χ2n) is 6.24. The van der Waals surface area contributed by atoms with Crippen molar-refractivity contribution in [3.63, 3.8) is 0 Å². The molecule has 0 aliphatic heterocycles. The van der Waals surface area contributed by atoms with Crippen molar-refractivity contribution in [3.05, 3.63) is 22.3 Å². The van der Waals surface area contributed by atoms with Gasteiger partial charge in [0.15, 0.2) is 0 Å². The van der Waals surface area contributed by atoms with Crippen LogP contribution in [0.25, 0.3) is 0 Å². The quantitative estimate of drug-likeness (QED) is 0.815. The summed E-state index contributed by atoms with van der Waals surface area (Å²) in [5, 5.41) is 3.40. The molecule has 1 aliphatic rings. The van der Waals surface area contributed by atoms with Crippen LogP contribution in [0.5, 0.6) is 0 Å². The van der Waals surface area contributed by atoms with Gasteiger partial charge in [0.1, 0.15) is 5.82 Å². The maximum absolute atomic E-state index is 4.65. The van der Waals surface area contributed by atoms with Gasteiger partial charge in [0.25, 0.3) is 0 Å². The summed E-state index contributed by atoms with van der Waals surface area (Å²) in [6.07, 6.45) is 5.79. The van der Waals surface area contributed by atoms with Crippen molar-refractivity contribution in [3.8, 4) is 0 Å². The number of nitrogens with one attached hydrogen (secondary N) is 1. The molecule has 1 aliphatic carbocycles. The molecule has 2 rings (SSSR count). The Morgan fingerprint density at radius 1 is 1.33 bits per heavy atom. The molecule has 0 amide bonds. The minimum absolute atomic E-state index is 0.318. The molecule has 1 aromatic heterocycles. The summed E-state index contributed by atoms with van der Waals surface area (Å²) >= 11 is 3.53. The third kappa shape index (κ3) is 3.76. The van der Waals surface area contributed by atoms with Crippen LogP contribution in [0, 0.1) is 0 Å². The summed E-state index contributed by atoms with van der Waals surface area (Å²) in [6.45, 7) is 4.99. The van der Waals surface area contributed by atoms with Crippen LogP contribution in [-0.2, 0) is 6.54 Å². The lowest BCUT2D eigenvalue weighted by Gasteiger charge is -2.49. The Hall–Kier alpha value is -0.650. The van der Waals surface area contributed by atoms with E-state index in [4.69, 9.17) is 0 Å². The predicted molar refractivity (Wildman–Crippen MR) is 92.9 cm³/mol. The lowest BCUT2D eigenvalue weighted by Crippen LogP contribution is -2.57. The van der Waals surface area contributed by atoms with E-state index in [1.807, 2.05) is 6.20 Å². The Morgan fingerprint density at radius 3 is 2.57 bits per heavy atom. The maximum Gasteiger partial charge on any atom is 0.132 e. The number of anilines is 1. The molecule has 0 saturated heterocycles. The molecule has 1 saturated carbocycles. The van der Waals surface area contributed by atoms with Crippen LogP contribution in [0.2, 0.25) is 0 Å². The molecule has 0 aromatic carbocycles. The average molecular weight is 355 g/mol. The molecule has 1 fully saturated rings. The van der Waals surface area contributed by atoms with Crippen LogP contribution >= 0.6 is 15.9 Å². The van der Waals surface area contributed by atoms with E-state index < -0.39 is 0 Å². The summed E-state index contributed by atoms with van der Waals surface area (Å²) in [5.74, 6) is 1.09. The zero-order chi connectivity index (χ0) is 15.5. The summed E-state index contributed by atoms with van der Waals surface area (Å²) in [6, 6.07) is 2.17. The largest absolute Gasteiger partial charge is 0.358 e. The SMILES string of the molecule is CCNCc1cc(Br)cnc1N(C)CC1(N(C)C)CCC1. The van der Waals surface area contributed by atoms with E-state index in [1.165, 1.54) is 24.8 Å². The fourth-order valence-corrected chi connectivity index (χ4v) is 3.43. The highest BCUT2D eigenvalue weighted by Crippen LogP contribution is 2.37. The zero-order valence-corrected chi connectivity index (χ0v) is 15.2. The van der Waals surface area contributed by atoms with E-state index >= 15 is 0 Å². The van der Waals surface area contributed by atoms with E-state index in [9.17, 15) is 0 Å². The first-order valence-electron chi connectivity index (χ1n) is 7.72. The van der Waals surface area contributed by atoms with Crippen molar-refractivity contribution < 1.29 is 0 Å². The Bertz CT molecular complexity index is 471. The molecule has 0 atom stereocenters. The van der Waals surface area contributed by atoms with E-state index in [1.54, 1.807) is 0 Å². The number of likely N-dealkylation sites (N-methyl/N-ethyl adjacent to an activating group) is 2. The van der Waals surface area contributed by atoms with Crippen LogP contribution in [0.3, 0.4) is 0 Å². The first kappa shape index (κ1) is 16.7. The molecular formula is C16H27BrN4. The minimum atomic E-state index is 0.318. The third-order valence-corrected chi connectivity index (χ3v) is 5.03. The highest BCUT2D eigenvalue weighted by Gasteiger charge is 2.40. The molecule has 1 N–H and O–H groups in total. The molecule has 118 valence electrons. The zero-order valence-electron chi connectivity index (χ0n) is 13.6. The van der Waals surface area contributed by atoms with E-state index in [-0.39, 0.29) is 0 Å². The second kappa shape index (κ2) is 7.07. The number of hydrogen-bond acceptors (Lipinski definition) is 4. The van der Waals surface area contributed by atoms with Crippen LogP contribution in [-0.4, -0.2) is 49.7 Å². The third-order valence-electron chi connectivity index (χ3n) is 4.60. The van der Waals surface area contributed by atoms with Gasteiger partial charge in [0.05, 0.1) is 0 Å². The molecule has 5 heteroatoms. The molecule has 0 unspecified atom stereocenters. The number of hydrogen-bond donors (Lipinski definition) is 1. The van der Waals surface area contributed by atoms with Gasteiger partial charge in [0.2, 0.25) is 0 Å². The fourth-order valence-electron chi connectivity index (χ4n) is 3.06. The molecule has 1 aromatic rings. The summed E-state index contributed by atoms with van der Waals surface area (Å²) < 4.78 is 1.04. The van der Waals surface area contributed by atoms with Gasteiger partial charge >= 0.3 is 0 Å². The number of halogens is 1. The lowest BCUT2D eigenvalue weighted by molar-refractivity contribution is 0.0681. The number of aromatic nitrogens is 1. The predicted octanol–water partition coefficient (Wildman–Crippen LogP) is 2.87. The number of nitrogens with zero attached hydrogens (tertiary/aromatic N) is 3. The van der Waals surface area contributed by atoms with Crippen molar-refractivity contribution in [2.45, 2.75) is 38.3 Å². The summed E-state index contributed by atoms with van der Waals surface area (Å²) in [4.78, 5) is 9.36. The van der Waals surface area contributed by atoms with Crippen molar-refractivity contribution in [1.29, 1.82) is 0 Å². The molecular weight excluding hydrogens is 328 g/mol. The Balaban J connectivity index is 2.16. The van der Waals surface area contributed by atoms with E-state index in [0.717, 1.165) is 29.9 Å². The first-order chi connectivity index (χ1) is 9.98. The Labute approximate surface area is 137 Å². The lowest BCUT2D eigenvalue weighted by atomic mass is 9.75. The minimum Gasteiger partial charge on any atom is -0.358 e. The van der Waals surface area contributed by atoms with Crippen LogP contribution in [0.1, 0.15) is 31.7 Å². The standard InChI is InChI=1S/C16H27BrN4/c1-5-18-10-13-9-14(17)11-19-15(13)21(4)12-16(20(2)3)7-6-8-16/h9,11,18H,5-8,10,12H2,1-4H3. The van der Waals surface area contributed by atoms with Gasteiger partial charge in [-0.25, -0.2) is 4.98 Å². The first-order valence-corrected chi connectivity index (χ1v) is 8.51. The van der Waals surface area contributed by atoms with E-state index in [0.29, 0.717) is 5.54 Å². The summed E-state index contributed by atoms with van der Waals surface area (Å²) in [5.41, 5.74) is 1.57. The maximum atomic E-state index is 4.65. The van der Waals surface area contributed by atoms with Gasteiger partial charge in [0, 0.05) is 41.9 Å². The van der Waals surface area contributed by atoms with Crippen LogP contribution in [0.15, 0.2) is 16.7 Å². The van der Waals surface area contributed by atoms with Crippen molar-refractivity contribution in [1.82, 2.24) is 15.2 Å². The average Bonchev–Trinajstić information content (AvgIpc) is 2.39. The van der Waals surface area contributed by atoms with Crippen molar-refractivity contribution >= 4 is 21.7 Å². The second-order valence-corrected chi connectivity index (χ2v) is 7.16. The van der Waals surface area contributed by atoms with Gasteiger partial charge < -0.3 is 15.1 Å². The van der Waals surface area contributed by atoms with Gasteiger partial charge in [-0.2, -0.15) is 0 Å². The van der Waals surface area contributed by atoms with Crippen LogP contribution < -0.4 is 10.2 Å². The highest BCUT2D eigenvalue weighted by atomic mass is 79.9. The molecule has 4 nitrogen and oxygen atoms in total. The number of pyridine rings is 1. The highest BCUT2D eigenvalue weighted by molar-refractivity contribution is 9.10. The molecule has 0 bridgehead atoms. The fraction of sp³-hybridized carbons (Fsp3) is 0.688. The van der Waals surface area contributed by atoms with Crippen molar-refractivity contribution in [2.75, 3.05) is 39.1 Å². The van der Waals surface area contributed by atoms with E-state index in [2.05, 4.69) is 70.2 Å². The van der Waals surface area contributed by atoms with Crippen molar-refractivity contribution in [2.24, 2.45) is 0 Å². The molecule has 21 heavy (non-hydrogen) atoms. The van der Waals surface area contributed by atoms with Crippen LogP contribution in [0.4, 0.5) is 5.82 Å². The normalized spacial score (nSPS) is 16.9. The number of rotatable bonds is 7. The van der Waals surface area contributed by atoms with Gasteiger partial charge in [-0.1, -0.05) is 6.92 Å². The monoisotopic (exact) mass is 354 g/mol. The van der Waals surface area contributed by atoms with Gasteiger partial charge in [-0.05, 0) is 61.9 Å². The van der Waals surface area contributed by atoms with Gasteiger partial charge in [-0.15, -0.1) is 0 Å². The topological polar surface area (TPSA) is 31.4 Å². The molecule has 0 radical (unpaired) electrons. The Kier molecular flexibility index (Phi) is 5.63. The molecule has 0 spiro atoms.